The molecule has 110 valence electrons. The van der Waals surface area contributed by atoms with Crippen molar-refractivity contribution in [1.29, 1.82) is 0 Å². The lowest BCUT2D eigenvalue weighted by Gasteiger charge is -2.40. The van der Waals surface area contributed by atoms with Crippen LogP contribution < -0.4 is 5.32 Å². The summed E-state index contributed by atoms with van der Waals surface area (Å²) in [5.41, 5.74) is 1.34. The van der Waals surface area contributed by atoms with Crippen molar-refractivity contribution in [3.05, 3.63) is 35.6 Å². The standard InChI is InChI=1S/C17H25FN2/c1-12(7-13-5-4-6-15(18)8-13)20-11-14-9-19-10-16(14)17(20,2)3/h4-6,8,12,14,16,19H,7,9-11H2,1-3H3. The van der Waals surface area contributed by atoms with E-state index in [0.717, 1.165) is 36.9 Å². The van der Waals surface area contributed by atoms with Crippen LogP contribution in [0.1, 0.15) is 26.3 Å². The van der Waals surface area contributed by atoms with Gasteiger partial charge in [-0.25, -0.2) is 4.39 Å². The molecule has 2 heterocycles. The van der Waals surface area contributed by atoms with Gasteiger partial charge in [-0.1, -0.05) is 12.1 Å². The van der Waals surface area contributed by atoms with Crippen molar-refractivity contribution in [2.24, 2.45) is 11.8 Å². The Kier molecular flexibility index (Phi) is 3.59. The van der Waals surface area contributed by atoms with Crippen molar-refractivity contribution in [3.8, 4) is 0 Å². The zero-order valence-electron chi connectivity index (χ0n) is 12.7. The van der Waals surface area contributed by atoms with E-state index < -0.39 is 0 Å². The van der Waals surface area contributed by atoms with Gasteiger partial charge in [0.1, 0.15) is 5.82 Å². The Morgan fingerprint density at radius 2 is 2.20 bits per heavy atom. The van der Waals surface area contributed by atoms with Crippen LogP contribution in [0.2, 0.25) is 0 Å². The molecular weight excluding hydrogens is 251 g/mol. The predicted octanol–water partition coefficient (Wildman–Crippen LogP) is 2.69. The normalized spacial score (nSPS) is 30.4. The second-order valence-corrected chi connectivity index (χ2v) is 7.01. The number of hydrogen-bond donors (Lipinski definition) is 1. The molecule has 1 aromatic rings. The minimum absolute atomic E-state index is 0.128. The van der Waals surface area contributed by atoms with Crippen LogP contribution >= 0.6 is 0 Å². The topological polar surface area (TPSA) is 15.3 Å². The third kappa shape index (κ3) is 2.38. The van der Waals surface area contributed by atoms with Gasteiger partial charge < -0.3 is 5.32 Å². The van der Waals surface area contributed by atoms with E-state index in [1.165, 1.54) is 12.6 Å². The number of nitrogens with zero attached hydrogens (tertiary/aromatic N) is 1. The Morgan fingerprint density at radius 3 is 2.90 bits per heavy atom. The van der Waals surface area contributed by atoms with Gasteiger partial charge in [-0.05, 0) is 63.3 Å². The summed E-state index contributed by atoms with van der Waals surface area (Å²) in [4.78, 5) is 2.63. The van der Waals surface area contributed by atoms with Crippen LogP contribution in [-0.4, -0.2) is 36.1 Å². The summed E-state index contributed by atoms with van der Waals surface area (Å²) in [5, 5.41) is 3.52. The Hall–Kier alpha value is -0.930. The lowest BCUT2D eigenvalue weighted by atomic mass is 9.84. The van der Waals surface area contributed by atoms with Crippen molar-refractivity contribution in [3.63, 3.8) is 0 Å². The molecule has 0 amide bonds. The Bertz CT molecular complexity index is 486. The molecule has 3 atom stereocenters. The number of fused-ring (bicyclic) bond motifs is 1. The summed E-state index contributed by atoms with van der Waals surface area (Å²) in [5.74, 6) is 1.40. The van der Waals surface area contributed by atoms with Gasteiger partial charge in [-0.2, -0.15) is 0 Å². The molecule has 2 fully saturated rings. The van der Waals surface area contributed by atoms with Crippen LogP contribution in [0.4, 0.5) is 4.39 Å². The molecule has 2 saturated heterocycles. The average Bonchev–Trinajstić information content (AvgIpc) is 2.92. The quantitative estimate of drug-likeness (QED) is 0.913. The molecule has 1 aromatic carbocycles. The predicted molar refractivity (Wildman–Crippen MR) is 80.2 cm³/mol. The SMILES string of the molecule is CC(Cc1cccc(F)c1)N1CC2CNCC2C1(C)C. The van der Waals surface area contributed by atoms with Crippen LogP contribution in [0.25, 0.3) is 0 Å². The minimum Gasteiger partial charge on any atom is -0.316 e. The highest BCUT2D eigenvalue weighted by Gasteiger charge is 2.50. The van der Waals surface area contributed by atoms with Gasteiger partial charge in [0.25, 0.3) is 0 Å². The van der Waals surface area contributed by atoms with Gasteiger partial charge >= 0.3 is 0 Å². The first kappa shape index (κ1) is 14.0. The van der Waals surface area contributed by atoms with Crippen molar-refractivity contribution in [2.75, 3.05) is 19.6 Å². The third-order valence-corrected chi connectivity index (χ3v) is 5.37. The molecule has 2 aliphatic heterocycles. The Morgan fingerprint density at radius 1 is 1.40 bits per heavy atom. The van der Waals surface area contributed by atoms with Crippen LogP contribution in [0.3, 0.4) is 0 Å². The van der Waals surface area contributed by atoms with Gasteiger partial charge in [0.05, 0.1) is 0 Å². The summed E-state index contributed by atoms with van der Waals surface area (Å²) in [6.45, 7) is 10.5. The highest BCUT2D eigenvalue weighted by molar-refractivity contribution is 5.18. The summed E-state index contributed by atoms with van der Waals surface area (Å²) < 4.78 is 13.3. The molecule has 2 aliphatic rings. The zero-order chi connectivity index (χ0) is 14.3. The molecule has 2 nitrogen and oxygen atoms in total. The van der Waals surface area contributed by atoms with Crippen molar-refractivity contribution in [1.82, 2.24) is 10.2 Å². The monoisotopic (exact) mass is 276 g/mol. The molecule has 0 radical (unpaired) electrons. The fourth-order valence-electron chi connectivity index (χ4n) is 4.32. The van der Waals surface area contributed by atoms with Gasteiger partial charge in [-0.15, -0.1) is 0 Å². The fraction of sp³-hybridized carbons (Fsp3) is 0.647. The molecular formula is C17H25FN2. The second-order valence-electron chi connectivity index (χ2n) is 7.01. The van der Waals surface area contributed by atoms with Crippen molar-refractivity contribution < 1.29 is 4.39 Å². The molecule has 3 heteroatoms. The molecule has 3 rings (SSSR count). The zero-order valence-corrected chi connectivity index (χ0v) is 12.7. The highest BCUT2D eigenvalue weighted by atomic mass is 19.1. The summed E-state index contributed by atoms with van der Waals surface area (Å²) in [6, 6.07) is 7.49. The maximum Gasteiger partial charge on any atom is 0.123 e. The molecule has 1 N–H and O–H groups in total. The third-order valence-electron chi connectivity index (χ3n) is 5.37. The van der Waals surface area contributed by atoms with E-state index >= 15 is 0 Å². The van der Waals surface area contributed by atoms with E-state index in [-0.39, 0.29) is 11.4 Å². The van der Waals surface area contributed by atoms with E-state index in [1.54, 1.807) is 6.07 Å². The van der Waals surface area contributed by atoms with Crippen LogP contribution in [0.5, 0.6) is 0 Å². The molecule has 3 unspecified atom stereocenters. The minimum atomic E-state index is -0.128. The van der Waals surface area contributed by atoms with E-state index in [9.17, 15) is 4.39 Å². The first-order valence-corrected chi connectivity index (χ1v) is 7.70. The van der Waals surface area contributed by atoms with Crippen LogP contribution in [0, 0.1) is 17.7 Å². The van der Waals surface area contributed by atoms with Gasteiger partial charge in [0.2, 0.25) is 0 Å². The molecule has 0 saturated carbocycles. The van der Waals surface area contributed by atoms with E-state index in [1.807, 2.05) is 12.1 Å². The molecule has 0 aliphatic carbocycles. The van der Waals surface area contributed by atoms with Crippen molar-refractivity contribution >= 4 is 0 Å². The van der Waals surface area contributed by atoms with Crippen molar-refractivity contribution in [2.45, 2.75) is 38.8 Å². The molecule has 20 heavy (non-hydrogen) atoms. The van der Waals surface area contributed by atoms with Crippen LogP contribution in [-0.2, 0) is 6.42 Å². The van der Waals surface area contributed by atoms with E-state index in [2.05, 4.69) is 31.0 Å². The van der Waals surface area contributed by atoms with Crippen LogP contribution in [0.15, 0.2) is 24.3 Å². The number of likely N-dealkylation sites (tertiary alicyclic amines) is 1. The van der Waals surface area contributed by atoms with Gasteiger partial charge in [0.15, 0.2) is 0 Å². The first-order valence-electron chi connectivity index (χ1n) is 7.70. The number of rotatable bonds is 3. The molecule has 0 aromatic heterocycles. The van der Waals surface area contributed by atoms with E-state index in [0.29, 0.717) is 6.04 Å². The second kappa shape index (κ2) is 5.12. The summed E-state index contributed by atoms with van der Waals surface area (Å²) in [7, 11) is 0. The lowest BCUT2D eigenvalue weighted by molar-refractivity contribution is 0.0970. The highest BCUT2D eigenvalue weighted by Crippen LogP contribution is 2.42. The summed E-state index contributed by atoms with van der Waals surface area (Å²) >= 11 is 0. The Balaban J connectivity index is 1.73. The number of halogens is 1. The number of nitrogens with one attached hydrogen (secondary N) is 1. The summed E-state index contributed by atoms with van der Waals surface area (Å²) in [6.07, 6.45) is 0.925. The fourth-order valence-corrected chi connectivity index (χ4v) is 4.32. The maximum absolute atomic E-state index is 13.3. The maximum atomic E-state index is 13.3. The first-order chi connectivity index (χ1) is 9.48. The van der Waals surface area contributed by atoms with E-state index in [4.69, 9.17) is 0 Å². The molecule has 0 spiro atoms. The Labute approximate surface area is 121 Å². The smallest absolute Gasteiger partial charge is 0.123 e. The average molecular weight is 276 g/mol. The molecule has 0 bridgehead atoms. The largest absolute Gasteiger partial charge is 0.316 e. The van der Waals surface area contributed by atoms with Gasteiger partial charge in [-0.3, -0.25) is 4.90 Å². The lowest BCUT2D eigenvalue weighted by Crippen LogP contribution is -2.49. The van der Waals surface area contributed by atoms with Gasteiger partial charge in [0, 0.05) is 24.7 Å². The number of hydrogen-bond acceptors (Lipinski definition) is 2. The number of benzene rings is 1.